The highest BCUT2D eigenvalue weighted by molar-refractivity contribution is 5.29. The molecule has 1 N–H and O–H groups in total. The second kappa shape index (κ2) is 9.41. The predicted molar refractivity (Wildman–Crippen MR) is 94.8 cm³/mol. The molecule has 1 heterocycles. The van der Waals surface area contributed by atoms with Crippen molar-refractivity contribution in [3.63, 3.8) is 0 Å². The molecule has 1 unspecified atom stereocenters. The van der Waals surface area contributed by atoms with E-state index in [1.807, 2.05) is 12.1 Å². The molecular weight excluding hydrogens is 286 g/mol. The molecule has 0 radical (unpaired) electrons. The molecule has 1 aromatic carbocycles. The molecule has 2 rings (SSSR count). The average Bonchev–Trinajstić information content (AvgIpc) is 3.07. The molecule has 0 aliphatic rings. The molecule has 1 atom stereocenters. The summed E-state index contributed by atoms with van der Waals surface area (Å²) in [7, 11) is 1.71. The zero-order valence-corrected chi connectivity index (χ0v) is 14.5. The summed E-state index contributed by atoms with van der Waals surface area (Å²) >= 11 is 0. The van der Waals surface area contributed by atoms with Gasteiger partial charge in [-0.1, -0.05) is 32.4 Å². The summed E-state index contributed by atoms with van der Waals surface area (Å²) in [5.74, 6) is 3.25. The zero-order valence-electron chi connectivity index (χ0n) is 14.5. The summed E-state index contributed by atoms with van der Waals surface area (Å²) in [5, 5.41) is 3.48. The molecule has 0 bridgehead atoms. The third-order valence-electron chi connectivity index (χ3n) is 4.23. The largest absolute Gasteiger partial charge is 0.497 e. The third kappa shape index (κ3) is 6.11. The van der Waals surface area contributed by atoms with E-state index in [0.29, 0.717) is 5.92 Å². The Morgan fingerprint density at radius 1 is 1.04 bits per heavy atom. The van der Waals surface area contributed by atoms with E-state index in [-0.39, 0.29) is 0 Å². The van der Waals surface area contributed by atoms with Crippen molar-refractivity contribution in [1.29, 1.82) is 0 Å². The number of hydrogen-bond acceptors (Lipinski definition) is 3. The number of methoxy groups -OCH3 is 1. The van der Waals surface area contributed by atoms with Gasteiger partial charge in [0, 0.05) is 0 Å². The van der Waals surface area contributed by atoms with Crippen molar-refractivity contribution >= 4 is 0 Å². The van der Waals surface area contributed by atoms with Gasteiger partial charge < -0.3 is 14.5 Å². The van der Waals surface area contributed by atoms with Gasteiger partial charge in [-0.2, -0.15) is 0 Å². The van der Waals surface area contributed by atoms with E-state index in [4.69, 9.17) is 9.15 Å². The van der Waals surface area contributed by atoms with Crippen molar-refractivity contribution in [2.75, 3.05) is 13.7 Å². The van der Waals surface area contributed by atoms with Crippen LogP contribution in [0.1, 0.15) is 50.4 Å². The van der Waals surface area contributed by atoms with Gasteiger partial charge in [0.2, 0.25) is 0 Å². The maximum atomic E-state index is 5.35. The van der Waals surface area contributed by atoms with E-state index in [1.165, 1.54) is 18.4 Å². The molecule has 126 valence electrons. The van der Waals surface area contributed by atoms with Crippen LogP contribution in [0.15, 0.2) is 47.1 Å². The second-order valence-corrected chi connectivity index (χ2v) is 6.49. The number of nitrogens with one attached hydrogen (secondary N) is 1. The molecule has 0 saturated heterocycles. The van der Waals surface area contributed by atoms with Gasteiger partial charge in [0.15, 0.2) is 0 Å². The highest BCUT2D eigenvalue weighted by Gasteiger charge is 2.12. The fourth-order valence-corrected chi connectivity index (χ4v) is 2.79. The molecule has 0 aliphatic heterocycles. The highest BCUT2D eigenvalue weighted by Crippen LogP contribution is 2.28. The van der Waals surface area contributed by atoms with Gasteiger partial charge in [0.1, 0.15) is 11.5 Å². The SMILES string of the molecule is COc1ccc(C(CCNCc2ccco2)CCC(C)C)cc1. The monoisotopic (exact) mass is 315 g/mol. The standard InChI is InChI=1S/C20H29NO2/c1-16(2)6-7-18(17-8-10-19(22-3)11-9-17)12-13-21-15-20-5-4-14-23-20/h4-5,8-11,14,16,18,21H,6-7,12-13,15H2,1-3H3. The minimum atomic E-state index is 0.590. The Balaban J connectivity index is 1.87. The first-order chi connectivity index (χ1) is 11.2. The van der Waals surface area contributed by atoms with Crippen molar-refractivity contribution < 1.29 is 9.15 Å². The molecular formula is C20H29NO2. The minimum absolute atomic E-state index is 0.590. The van der Waals surface area contributed by atoms with Crippen LogP contribution >= 0.6 is 0 Å². The van der Waals surface area contributed by atoms with Crippen LogP contribution < -0.4 is 10.1 Å². The van der Waals surface area contributed by atoms with Gasteiger partial charge in [-0.05, 0) is 61.1 Å². The number of ether oxygens (including phenoxy) is 1. The van der Waals surface area contributed by atoms with E-state index in [2.05, 4.69) is 43.4 Å². The summed E-state index contributed by atoms with van der Waals surface area (Å²) in [6, 6.07) is 12.5. The van der Waals surface area contributed by atoms with E-state index < -0.39 is 0 Å². The lowest BCUT2D eigenvalue weighted by atomic mass is 9.89. The van der Waals surface area contributed by atoms with Crippen LogP contribution in [0.3, 0.4) is 0 Å². The minimum Gasteiger partial charge on any atom is -0.497 e. The van der Waals surface area contributed by atoms with Gasteiger partial charge in [-0.15, -0.1) is 0 Å². The van der Waals surface area contributed by atoms with Crippen molar-refractivity contribution in [2.45, 2.75) is 45.6 Å². The van der Waals surface area contributed by atoms with Crippen LogP contribution in [0, 0.1) is 5.92 Å². The maximum Gasteiger partial charge on any atom is 0.118 e. The summed E-state index contributed by atoms with van der Waals surface area (Å²) in [5.41, 5.74) is 1.41. The number of benzene rings is 1. The molecule has 0 aliphatic carbocycles. The lowest BCUT2D eigenvalue weighted by molar-refractivity contribution is 0.414. The van der Waals surface area contributed by atoms with Crippen LogP contribution in [0.4, 0.5) is 0 Å². The quantitative estimate of drug-likeness (QED) is 0.627. The maximum absolute atomic E-state index is 5.35. The molecule has 23 heavy (non-hydrogen) atoms. The Kier molecular flexibility index (Phi) is 7.21. The van der Waals surface area contributed by atoms with Crippen molar-refractivity contribution in [3.8, 4) is 5.75 Å². The van der Waals surface area contributed by atoms with Crippen molar-refractivity contribution in [1.82, 2.24) is 5.32 Å². The van der Waals surface area contributed by atoms with Gasteiger partial charge in [0.05, 0.1) is 19.9 Å². The zero-order chi connectivity index (χ0) is 16.5. The Morgan fingerprint density at radius 2 is 1.83 bits per heavy atom. The third-order valence-corrected chi connectivity index (χ3v) is 4.23. The lowest BCUT2D eigenvalue weighted by Gasteiger charge is -2.19. The Morgan fingerprint density at radius 3 is 2.43 bits per heavy atom. The fraction of sp³-hybridized carbons (Fsp3) is 0.500. The number of rotatable bonds is 10. The van der Waals surface area contributed by atoms with Crippen LogP contribution in [-0.2, 0) is 6.54 Å². The second-order valence-electron chi connectivity index (χ2n) is 6.49. The Labute approximate surface area is 140 Å². The molecule has 3 nitrogen and oxygen atoms in total. The lowest BCUT2D eigenvalue weighted by Crippen LogP contribution is -2.17. The van der Waals surface area contributed by atoms with Crippen LogP contribution in [0.5, 0.6) is 5.75 Å². The number of hydrogen-bond donors (Lipinski definition) is 1. The topological polar surface area (TPSA) is 34.4 Å². The smallest absolute Gasteiger partial charge is 0.118 e. The highest BCUT2D eigenvalue weighted by atomic mass is 16.5. The first kappa shape index (κ1) is 17.6. The van der Waals surface area contributed by atoms with E-state index in [1.54, 1.807) is 13.4 Å². The van der Waals surface area contributed by atoms with E-state index in [9.17, 15) is 0 Å². The molecule has 3 heteroatoms. The summed E-state index contributed by atoms with van der Waals surface area (Å²) in [6.07, 6.45) is 5.35. The first-order valence-electron chi connectivity index (χ1n) is 8.56. The van der Waals surface area contributed by atoms with Crippen LogP contribution in [0.25, 0.3) is 0 Å². The molecule has 0 amide bonds. The van der Waals surface area contributed by atoms with Crippen molar-refractivity contribution in [2.24, 2.45) is 5.92 Å². The molecule has 1 aromatic heterocycles. The molecule has 2 aromatic rings. The Bertz CT molecular complexity index is 531. The van der Waals surface area contributed by atoms with E-state index >= 15 is 0 Å². The average molecular weight is 315 g/mol. The normalized spacial score (nSPS) is 12.5. The first-order valence-corrected chi connectivity index (χ1v) is 8.56. The van der Waals surface area contributed by atoms with Gasteiger partial charge in [0.25, 0.3) is 0 Å². The molecule has 0 saturated carbocycles. The Hall–Kier alpha value is -1.74. The van der Waals surface area contributed by atoms with Crippen LogP contribution in [0.2, 0.25) is 0 Å². The molecule has 0 fully saturated rings. The van der Waals surface area contributed by atoms with Gasteiger partial charge in [-0.25, -0.2) is 0 Å². The summed E-state index contributed by atoms with van der Waals surface area (Å²) < 4.78 is 10.6. The van der Waals surface area contributed by atoms with Crippen molar-refractivity contribution in [3.05, 3.63) is 54.0 Å². The summed E-state index contributed by atoms with van der Waals surface area (Å²) in [4.78, 5) is 0. The van der Waals surface area contributed by atoms with Gasteiger partial charge >= 0.3 is 0 Å². The molecule has 0 spiro atoms. The van der Waals surface area contributed by atoms with Crippen LogP contribution in [-0.4, -0.2) is 13.7 Å². The predicted octanol–water partition coefficient (Wildman–Crippen LogP) is 4.99. The van der Waals surface area contributed by atoms with E-state index in [0.717, 1.165) is 36.9 Å². The van der Waals surface area contributed by atoms with Gasteiger partial charge in [-0.3, -0.25) is 0 Å². The summed E-state index contributed by atoms with van der Waals surface area (Å²) in [6.45, 7) is 6.38. The fourth-order valence-electron chi connectivity index (χ4n) is 2.79. The number of furan rings is 1.